The number of rotatable bonds is 2. The first-order valence-corrected chi connectivity index (χ1v) is 11.9. The summed E-state index contributed by atoms with van der Waals surface area (Å²) in [6.45, 7) is -9.99. The number of aromatic nitrogens is 3. The van der Waals surface area contributed by atoms with Crippen molar-refractivity contribution in [2.24, 2.45) is 0 Å². The van der Waals surface area contributed by atoms with Gasteiger partial charge in [-0.1, -0.05) is 54.4 Å². The summed E-state index contributed by atoms with van der Waals surface area (Å²) in [5, 5.41) is 1.04. The van der Waals surface area contributed by atoms with Gasteiger partial charge in [0.2, 0.25) is 0 Å². The third-order valence-electron chi connectivity index (χ3n) is 6.13. The van der Waals surface area contributed by atoms with Crippen LogP contribution in [0, 0.1) is 39.5 Å². The van der Waals surface area contributed by atoms with Gasteiger partial charge >= 0.3 is 0 Å². The van der Waals surface area contributed by atoms with Crippen LogP contribution in [-0.4, -0.2) is 15.0 Å². The number of pyridine rings is 3. The van der Waals surface area contributed by atoms with Crippen LogP contribution in [0.25, 0.3) is 55.5 Å². The van der Waals surface area contributed by atoms with E-state index in [2.05, 4.69) is 27.1 Å². The Morgan fingerprint density at radius 1 is 0.775 bits per heavy atom. The summed E-state index contributed by atoms with van der Waals surface area (Å²) < 4.78 is 98.4. The summed E-state index contributed by atoms with van der Waals surface area (Å²) in [7, 11) is 0. The van der Waals surface area contributed by atoms with Crippen molar-refractivity contribution in [3.05, 3.63) is 126 Å². The zero-order valence-electron chi connectivity index (χ0n) is 32.7. The van der Waals surface area contributed by atoms with E-state index in [1.807, 2.05) is 36.4 Å². The molecule has 0 spiro atoms. The van der Waals surface area contributed by atoms with E-state index in [-0.39, 0.29) is 64.6 Å². The molecule has 0 amide bonds. The van der Waals surface area contributed by atoms with Crippen molar-refractivity contribution in [2.75, 3.05) is 0 Å². The molecule has 40 heavy (non-hydrogen) atoms. The molecular weight excluding hydrogens is 671 g/mol. The van der Waals surface area contributed by atoms with E-state index >= 15 is 0 Å². The second-order valence-corrected chi connectivity index (χ2v) is 8.73. The molecule has 4 aromatic heterocycles. The molecule has 0 aliphatic carbocycles. The quantitative estimate of drug-likeness (QED) is 0.169. The Bertz CT molecular complexity index is 2370. The van der Waals surface area contributed by atoms with E-state index < -0.39 is 27.4 Å². The molecule has 0 bridgehead atoms. The van der Waals surface area contributed by atoms with Crippen molar-refractivity contribution >= 4 is 33.0 Å². The van der Waals surface area contributed by atoms with Crippen LogP contribution in [0.1, 0.15) is 38.7 Å². The number of nitrogens with zero attached hydrogens (tertiary/aromatic N) is 3. The zero-order valence-corrected chi connectivity index (χ0v) is 23.1. The van der Waals surface area contributed by atoms with Gasteiger partial charge in [-0.2, -0.15) is 0 Å². The van der Waals surface area contributed by atoms with Gasteiger partial charge < -0.3 is 14.4 Å². The van der Waals surface area contributed by atoms with Gasteiger partial charge in [-0.3, -0.25) is 0 Å². The molecule has 4 heterocycles. The maximum atomic E-state index is 8.01. The Morgan fingerprint density at radius 3 is 2.40 bits per heavy atom. The molecule has 0 saturated heterocycles. The SMILES string of the molecule is [2H]C([2H])([2H])c1ccc(-c2[c-]cccc2)nc1.[2H]C([2H])([2H])c1cnc(-c2[c-]cc(C([2H])([2H])[2H])c3c2oc2cc4ccccc4nc23)cc1C([2H])([2H])[2H].[Ir]. The fourth-order valence-corrected chi connectivity index (χ4v) is 4.22. The standard InChI is InChI=1S/C23H17N2O.C12H10N.Ir/c1-13-8-9-17(19-10-14(2)15(3)12-24-19)23-21(13)22-20(26-23)11-16-6-4-5-7-18(16)25-22;1-10-7-8-12(13-9-10)11-5-3-2-4-6-11;/h4-8,10-12H,1-3H3;2-5,7-9H,1H3;/q2*-1;/i1D3,2D3,3D3;1D3;. The first kappa shape index (κ1) is 16.2. The average Bonchev–Trinajstić information content (AvgIpc) is 3.44. The van der Waals surface area contributed by atoms with Gasteiger partial charge in [-0.25, -0.2) is 4.98 Å². The summed E-state index contributed by atoms with van der Waals surface area (Å²) in [6.07, 6.45) is 2.40. The fourth-order valence-electron chi connectivity index (χ4n) is 4.22. The molecule has 1 radical (unpaired) electrons. The van der Waals surface area contributed by atoms with Crippen LogP contribution in [0.2, 0.25) is 0 Å². The first-order valence-electron chi connectivity index (χ1n) is 17.9. The largest absolute Gasteiger partial charge is 0.499 e. The fraction of sp³-hybridized carbons (Fsp3) is 0.114. The average molecular weight is 710 g/mol. The molecule has 7 aromatic rings. The van der Waals surface area contributed by atoms with E-state index in [9.17, 15) is 0 Å². The third-order valence-corrected chi connectivity index (χ3v) is 6.13. The van der Waals surface area contributed by atoms with Crippen LogP contribution in [0.4, 0.5) is 0 Å². The predicted molar refractivity (Wildman–Crippen MR) is 159 cm³/mol. The molecule has 0 fully saturated rings. The van der Waals surface area contributed by atoms with Crippen molar-refractivity contribution in [3.8, 4) is 22.5 Å². The minimum atomic E-state index is -2.72. The number of hydrogen-bond acceptors (Lipinski definition) is 4. The van der Waals surface area contributed by atoms with Gasteiger partial charge in [0.25, 0.3) is 0 Å². The molecular formula is C35H27IrN3O-2. The van der Waals surface area contributed by atoms with E-state index in [0.29, 0.717) is 16.6 Å². The summed E-state index contributed by atoms with van der Waals surface area (Å²) in [5.41, 5.74) is 2.84. The Labute approximate surface area is 264 Å². The van der Waals surface area contributed by atoms with Crippen LogP contribution in [0.15, 0.2) is 95.7 Å². The van der Waals surface area contributed by atoms with Crippen LogP contribution >= 0.6 is 0 Å². The monoisotopic (exact) mass is 710 g/mol. The van der Waals surface area contributed by atoms with Crippen LogP contribution in [0.3, 0.4) is 0 Å². The maximum absolute atomic E-state index is 8.01. The van der Waals surface area contributed by atoms with Crippen LogP contribution in [0.5, 0.6) is 0 Å². The van der Waals surface area contributed by atoms with Crippen molar-refractivity contribution in [1.82, 2.24) is 15.0 Å². The summed E-state index contributed by atoms with van der Waals surface area (Å²) in [4.78, 5) is 13.0. The van der Waals surface area contributed by atoms with Crippen molar-refractivity contribution in [2.45, 2.75) is 27.4 Å². The number of benzene rings is 3. The van der Waals surface area contributed by atoms with E-state index in [1.54, 1.807) is 30.3 Å². The Balaban J connectivity index is 0.000000258. The molecule has 0 saturated carbocycles. The molecule has 0 atom stereocenters. The van der Waals surface area contributed by atoms with E-state index in [0.717, 1.165) is 22.8 Å². The van der Waals surface area contributed by atoms with Crippen molar-refractivity contribution in [1.29, 1.82) is 0 Å². The number of para-hydroxylation sites is 1. The van der Waals surface area contributed by atoms with E-state index in [4.69, 9.17) is 20.9 Å². The van der Waals surface area contributed by atoms with Gasteiger partial charge in [0.1, 0.15) is 5.58 Å². The molecule has 0 N–H and O–H groups in total. The van der Waals surface area contributed by atoms with Gasteiger partial charge in [0.15, 0.2) is 0 Å². The zero-order chi connectivity index (χ0) is 36.9. The second kappa shape index (κ2) is 11.5. The second-order valence-electron chi connectivity index (χ2n) is 8.73. The van der Waals surface area contributed by atoms with Gasteiger partial charge in [0, 0.05) is 54.3 Å². The Hall–Kier alpha value is -4.18. The van der Waals surface area contributed by atoms with Crippen molar-refractivity contribution in [3.63, 3.8) is 0 Å². The first-order chi connectivity index (χ1) is 23.8. The number of fused-ring (bicyclic) bond motifs is 4. The summed E-state index contributed by atoms with van der Waals surface area (Å²) in [6, 6.07) is 28.2. The third kappa shape index (κ3) is 5.31. The molecule has 4 nitrogen and oxygen atoms in total. The minimum Gasteiger partial charge on any atom is -0.499 e. The number of hydrogen-bond donors (Lipinski definition) is 0. The predicted octanol–water partition coefficient (Wildman–Crippen LogP) is 8.78. The molecule has 3 aromatic carbocycles. The molecule has 0 aliphatic rings. The van der Waals surface area contributed by atoms with Gasteiger partial charge in [-0.15, -0.1) is 53.6 Å². The smallest absolute Gasteiger partial charge is 0.140 e. The van der Waals surface area contributed by atoms with Gasteiger partial charge in [-0.05, 0) is 60.6 Å². The number of aryl methyl sites for hydroxylation is 4. The summed E-state index contributed by atoms with van der Waals surface area (Å²) in [5.74, 6) is 0. The molecule has 199 valence electrons. The molecule has 7 rings (SSSR count). The molecule has 0 unspecified atom stereocenters. The molecule has 5 heteroatoms. The Kier molecular flexibility index (Phi) is 4.65. The van der Waals surface area contributed by atoms with Crippen LogP contribution in [-0.2, 0) is 20.1 Å². The number of furan rings is 1. The molecule has 0 aliphatic heterocycles. The maximum Gasteiger partial charge on any atom is 0.140 e. The normalized spacial score (nSPS) is 16.5. The minimum absolute atomic E-state index is 0. The summed E-state index contributed by atoms with van der Waals surface area (Å²) >= 11 is 0. The van der Waals surface area contributed by atoms with Crippen LogP contribution < -0.4 is 0 Å². The Morgan fingerprint density at radius 2 is 1.62 bits per heavy atom. The van der Waals surface area contributed by atoms with E-state index in [1.165, 1.54) is 18.3 Å². The van der Waals surface area contributed by atoms with Crippen molar-refractivity contribution < 1.29 is 41.0 Å². The topological polar surface area (TPSA) is 51.8 Å². The van der Waals surface area contributed by atoms with Gasteiger partial charge in [0.05, 0.1) is 16.6 Å².